The van der Waals surface area contributed by atoms with Gasteiger partial charge in [0.05, 0.1) is 10.7 Å². The molecule has 0 saturated carbocycles. The number of rotatable bonds is 5. The summed E-state index contributed by atoms with van der Waals surface area (Å²) in [4.78, 5) is 4.46. The van der Waals surface area contributed by atoms with Crippen molar-refractivity contribution in [1.82, 2.24) is 15.6 Å². The van der Waals surface area contributed by atoms with E-state index in [1.165, 1.54) is 30.1 Å². The summed E-state index contributed by atoms with van der Waals surface area (Å²) >= 11 is 1.74. The largest absolute Gasteiger partial charge is 0.315 e. The lowest BCUT2D eigenvalue weighted by Crippen LogP contribution is -2.46. The van der Waals surface area contributed by atoms with Crippen molar-refractivity contribution >= 4 is 11.3 Å². The molecule has 0 bridgehead atoms. The third kappa shape index (κ3) is 3.27. The number of nitrogens with one attached hydrogen (secondary N) is 2. The molecule has 1 aromatic heterocycles. The number of thiazole rings is 1. The van der Waals surface area contributed by atoms with Crippen molar-refractivity contribution in [1.29, 1.82) is 0 Å². The van der Waals surface area contributed by atoms with Gasteiger partial charge in [-0.3, -0.25) is 0 Å². The Hall–Kier alpha value is -0.450. The van der Waals surface area contributed by atoms with Crippen molar-refractivity contribution in [2.75, 3.05) is 19.6 Å². The van der Waals surface area contributed by atoms with E-state index >= 15 is 0 Å². The van der Waals surface area contributed by atoms with Gasteiger partial charge < -0.3 is 10.6 Å². The average molecular weight is 239 g/mol. The van der Waals surface area contributed by atoms with Crippen molar-refractivity contribution in [2.24, 2.45) is 0 Å². The molecule has 0 aromatic carbocycles. The van der Waals surface area contributed by atoms with Crippen molar-refractivity contribution < 1.29 is 0 Å². The summed E-state index contributed by atoms with van der Waals surface area (Å²) in [6, 6.07) is 0. The first-order valence-corrected chi connectivity index (χ1v) is 6.93. The van der Waals surface area contributed by atoms with Crippen molar-refractivity contribution in [3.63, 3.8) is 0 Å². The smallest absolute Gasteiger partial charge is 0.0897 e. The Morgan fingerprint density at radius 3 is 3.12 bits per heavy atom. The maximum Gasteiger partial charge on any atom is 0.0897 e. The third-order valence-electron chi connectivity index (χ3n) is 3.20. The van der Waals surface area contributed by atoms with Gasteiger partial charge in [0.1, 0.15) is 0 Å². The van der Waals surface area contributed by atoms with Gasteiger partial charge in [-0.1, -0.05) is 0 Å². The van der Waals surface area contributed by atoms with Gasteiger partial charge in [0.2, 0.25) is 0 Å². The van der Waals surface area contributed by atoms with E-state index < -0.39 is 0 Å². The minimum Gasteiger partial charge on any atom is -0.315 e. The van der Waals surface area contributed by atoms with Crippen LogP contribution >= 0.6 is 11.3 Å². The normalized spacial score (nSPS) is 25.1. The zero-order chi connectivity index (χ0) is 11.4. The molecule has 1 unspecified atom stereocenters. The van der Waals surface area contributed by atoms with Crippen LogP contribution in [-0.4, -0.2) is 30.2 Å². The Labute approximate surface area is 102 Å². The van der Waals surface area contributed by atoms with Crippen LogP contribution in [0.5, 0.6) is 0 Å². The van der Waals surface area contributed by atoms with Gasteiger partial charge in [0, 0.05) is 30.4 Å². The SMILES string of the molecule is Cc1nc(CCNCC2(C)CCCN2)cs1. The van der Waals surface area contributed by atoms with Gasteiger partial charge in [0.15, 0.2) is 0 Å². The third-order valence-corrected chi connectivity index (χ3v) is 4.02. The predicted octanol–water partition coefficient (Wildman–Crippen LogP) is 1.73. The molecule has 3 nitrogen and oxygen atoms in total. The van der Waals surface area contributed by atoms with Gasteiger partial charge in [-0.15, -0.1) is 11.3 Å². The van der Waals surface area contributed by atoms with Crippen LogP contribution in [0.25, 0.3) is 0 Å². The fraction of sp³-hybridized carbons (Fsp3) is 0.750. The standard InChI is InChI=1S/C12H21N3S/c1-10-15-11(8-16-10)4-7-13-9-12(2)5-3-6-14-12/h8,13-14H,3-7,9H2,1-2H3. The van der Waals surface area contributed by atoms with E-state index in [0.717, 1.165) is 19.5 Å². The molecule has 1 aromatic rings. The molecule has 1 aliphatic heterocycles. The first-order chi connectivity index (χ1) is 7.68. The van der Waals surface area contributed by atoms with E-state index in [-0.39, 0.29) is 0 Å². The predicted molar refractivity (Wildman–Crippen MR) is 69.1 cm³/mol. The molecule has 0 radical (unpaired) electrons. The highest BCUT2D eigenvalue weighted by molar-refractivity contribution is 7.09. The van der Waals surface area contributed by atoms with Gasteiger partial charge in [0.25, 0.3) is 0 Å². The van der Waals surface area contributed by atoms with Crippen LogP contribution in [0.3, 0.4) is 0 Å². The highest BCUT2D eigenvalue weighted by atomic mass is 32.1. The minimum atomic E-state index is 0.317. The Kier molecular flexibility index (Phi) is 3.95. The fourth-order valence-corrected chi connectivity index (χ4v) is 2.86. The topological polar surface area (TPSA) is 37.0 Å². The summed E-state index contributed by atoms with van der Waals surface area (Å²) < 4.78 is 0. The lowest BCUT2D eigenvalue weighted by atomic mass is 10.0. The molecular weight excluding hydrogens is 218 g/mol. The van der Waals surface area contributed by atoms with E-state index in [2.05, 4.69) is 34.8 Å². The molecule has 1 fully saturated rings. The molecule has 1 atom stereocenters. The molecule has 2 rings (SSSR count). The van der Waals surface area contributed by atoms with Crippen LogP contribution in [0.4, 0.5) is 0 Å². The molecule has 0 spiro atoms. The van der Waals surface area contributed by atoms with Crippen LogP contribution in [0.2, 0.25) is 0 Å². The molecule has 1 saturated heterocycles. The second-order valence-electron chi connectivity index (χ2n) is 4.88. The summed E-state index contributed by atoms with van der Waals surface area (Å²) in [6.07, 6.45) is 3.64. The second-order valence-corrected chi connectivity index (χ2v) is 5.94. The zero-order valence-electron chi connectivity index (χ0n) is 10.2. The number of nitrogens with zero attached hydrogens (tertiary/aromatic N) is 1. The van der Waals surface area contributed by atoms with Crippen molar-refractivity contribution in [3.05, 3.63) is 16.1 Å². The molecule has 0 aliphatic carbocycles. The van der Waals surface area contributed by atoms with E-state index in [1.807, 2.05) is 0 Å². The van der Waals surface area contributed by atoms with Gasteiger partial charge in [-0.05, 0) is 33.2 Å². The van der Waals surface area contributed by atoms with Crippen LogP contribution < -0.4 is 10.6 Å². The Balaban J connectivity index is 1.65. The minimum absolute atomic E-state index is 0.317. The summed E-state index contributed by atoms with van der Waals surface area (Å²) in [5, 5.41) is 10.4. The van der Waals surface area contributed by atoms with Crippen molar-refractivity contribution in [3.8, 4) is 0 Å². The number of hydrogen-bond donors (Lipinski definition) is 2. The number of aromatic nitrogens is 1. The fourth-order valence-electron chi connectivity index (χ4n) is 2.21. The van der Waals surface area contributed by atoms with Crippen LogP contribution in [-0.2, 0) is 6.42 Å². The van der Waals surface area contributed by atoms with Gasteiger partial charge in [-0.25, -0.2) is 4.98 Å². The van der Waals surface area contributed by atoms with Gasteiger partial charge in [-0.2, -0.15) is 0 Å². The molecule has 2 heterocycles. The average Bonchev–Trinajstić information content (AvgIpc) is 2.84. The molecule has 16 heavy (non-hydrogen) atoms. The lowest BCUT2D eigenvalue weighted by Gasteiger charge is -2.24. The first kappa shape index (κ1) is 12.0. The molecule has 0 amide bonds. The maximum absolute atomic E-state index is 4.46. The van der Waals surface area contributed by atoms with Crippen LogP contribution in [0, 0.1) is 6.92 Å². The van der Waals surface area contributed by atoms with E-state index in [4.69, 9.17) is 0 Å². The quantitative estimate of drug-likeness (QED) is 0.768. The molecule has 90 valence electrons. The van der Waals surface area contributed by atoms with Crippen LogP contribution in [0.15, 0.2) is 5.38 Å². The Bertz CT molecular complexity index is 329. The number of aryl methyl sites for hydroxylation is 1. The Morgan fingerprint density at radius 2 is 2.50 bits per heavy atom. The lowest BCUT2D eigenvalue weighted by molar-refractivity contribution is 0.387. The summed E-state index contributed by atoms with van der Waals surface area (Å²) in [5.41, 5.74) is 1.54. The maximum atomic E-state index is 4.46. The van der Waals surface area contributed by atoms with Gasteiger partial charge >= 0.3 is 0 Å². The van der Waals surface area contributed by atoms with Crippen LogP contribution in [0.1, 0.15) is 30.5 Å². The highest BCUT2D eigenvalue weighted by Gasteiger charge is 2.26. The second kappa shape index (κ2) is 5.25. The molecular formula is C12H21N3S. The molecule has 1 aliphatic rings. The summed E-state index contributed by atoms with van der Waals surface area (Å²) in [5.74, 6) is 0. The monoisotopic (exact) mass is 239 g/mol. The zero-order valence-corrected chi connectivity index (χ0v) is 11.0. The van der Waals surface area contributed by atoms with E-state index in [1.54, 1.807) is 11.3 Å². The highest BCUT2D eigenvalue weighted by Crippen LogP contribution is 2.17. The van der Waals surface area contributed by atoms with E-state index in [9.17, 15) is 0 Å². The molecule has 4 heteroatoms. The summed E-state index contributed by atoms with van der Waals surface area (Å²) in [7, 11) is 0. The van der Waals surface area contributed by atoms with E-state index in [0.29, 0.717) is 5.54 Å². The number of hydrogen-bond acceptors (Lipinski definition) is 4. The summed E-state index contributed by atoms with van der Waals surface area (Å²) in [6.45, 7) is 7.63. The first-order valence-electron chi connectivity index (χ1n) is 6.05. The molecule has 2 N–H and O–H groups in total. The van der Waals surface area contributed by atoms with Crippen molar-refractivity contribution in [2.45, 2.75) is 38.6 Å². The Morgan fingerprint density at radius 1 is 1.62 bits per heavy atom.